The number of carboxylic acid groups (broad SMARTS) is 1. The van der Waals surface area contributed by atoms with Crippen LogP contribution >= 0.6 is 0 Å². The molecule has 1 fully saturated rings. The summed E-state index contributed by atoms with van der Waals surface area (Å²) in [6, 6.07) is 0. The minimum absolute atomic E-state index is 0.436. The van der Waals surface area contributed by atoms with Gasteiger partial charge in [0, 0.05) is 6.54 Å². The highest BCUT2D eigenvalue weighted by Crippen LogP contribution is 2.29. The second kappa shape index (κ2) is 3.25. The molecule has 3 nitrogen and oxygen atoms in total. The summed E-state index contributed by atoms with van der Waals surface area (Å²) >= 11 is 0. The maximum Gasteiger partial charge on any atom is 0.404 e. The van der Waals surface area contributed by atoms with Crippen LogP contribution in [0.5, 0.6) is 0 Å². The zero-order chi connectivity index (χ0) is 7.40. The van der Waals surface area contributed by atoms with Gasteiger partial charge in [-0.25, -0.2) is 4.79 Å². The average Bonchev–Trinajstić information content (AvgIpc) is 2.62. The van der Waals surface area contributed by atoms with Crippen molar-refractivity contribution in [1.82, 2.24) is 5.32 Å². The molecule has 0 heterocycles. The molecule has 56 valence electrons. The largest absolute Gasteiger partial charge is 0.465 e. The third-order valence-electron chi connectivity index (χ3n) is 1.40. The van der Waals surface area contributed by atoms with Gasteiger partial charge in [-0.05, 0) is 18.8 Å². The standard InChI is InChI=1S/C7H11NO2/c9-7(10)8-5-1-2-6-3-4-6/h1-2,6,8H,3-5H2,(H,9,10). The van der Waals surface area contributed by atoms with Crippen LogP contribution in [-0.4, -0.2) is 17.7 Å². The molecule has 2 N–H and O–H groups in total. The van der Waals surface area contributed by atoms with Crippen molar-refractivity contribution in [1.29, 1.82) is 0 Å². The van der Waals surface area contributed by atoms with Gasteiger partial charge in [0.25, 0.3) is 0 Å². The van der Waals surface area contributed by atoms with Gasteiger partial charge in [0.2, 0.25) is 0 Å². The summed E-state index contributed by atoms with van der Waals surface area (Å²) in [5.41, 5.74) is 0. The predicted octanol–water partition coefficient (Wildman–Crippen LogP) is 1.22. The van der Waals surface area contributed by atoms with Gasteiger partial charge in [-0.1, -0.05) is 12.2 Å². The summed E-state index contributed by atoms with van der Waals surface area (Å²) in [5, 5.41) is 10.4. The lowest BCUT2D eigenvalue weighted by atomic mass is 10.4. The Morgan fingerprint density at radius 1 is 1.70 bits per heavy atom. The molecule has 0 saturated heterocycles. The summed E-state index contributed by atoms with van der Waals surface area (Å²) in [7, 11) is 0. The molecule has 1 aliphatic carbocycles. The summed E-state index contributed by atoms with van der Waals surface area (Å²) in [6.45, 7) is 0.436. The van der Waals surface area contributed by atoms with Crippen LogP contribution in [-0.2, 0) is 0 Å². The zero-order valence-electron chi connectivity index (χ0n) is 5.71. The Bertz CT molecular complexity index is 150. The van der Waals surface area contributed by atoms with Crippen molar-refractivity contribution in [3.05, 3.63) is 12.2 Å². The number of nitrogens with one attached hydrogen (secondary N) is 1. The van der Waals surface area contributed by atoms with Gasteiger partial charge in [-0.2, -0.15) is 0 Å². The third kappa shape index (κ3) is 3.12. The minimum atomic E-state index is -0.958. The fraction of sp³-hybridized carbons (Fsp3) is 0.571. The van der Waals surface area contributed by atoms with Crippen LogP contribution in [0, 0.1) is 5.92 Å². The molecule has 0 aliphatic heterocycles. The highest BCUT2D eigenvalue weighted by molar-refractivity contribution is 5.64. The van der Waals surface area contributed by atoms with Crippen LogP contribution in [0.15, 0.2) is 12.2 Å². The lowest BCUT2D eigenvalue weighted by Crippen LogP contribution is -2.20. The molecule has 0 radical (unpaired) electrons. The Hall–Kier alpha value is -0.990. The fourth-order valence-corrected chi connectivity index (χ4v) is 0.695. The van der Waals surface area contributed by atoms with Crippen LogP contribution in [0.3, 0.4) is 0 Å². The van der Waals surface area contributed by atoms with Crippen molar-refractivity contribution in [3.8, 4) is 0 Å². The maximum atomic E-state index is 9.91. The molecule has 1 rings (SSSR count). The fourth-order valence-electron chi connectivity index (χ4n) is 0.695. The average molecular weight is 141 g/mol. The van der Waals surface area contributed by atoms with Gasteiger partial charge in [-0.3, -0.25) is 0 Å². The van der Waals surface area contributed by atoms with E-state index in [1.807, 2.05) is 6.08 Å². The molecule has 1 amide bonds. The van der Waals surface area contributed by atoms with Crippen molar-refractivity contribution >= 4 is 6.09 Å². The zero-order valence-corrected chi connectivity index (χ0v) is 5.71. The maximum absolute atomic E-state index is 9.91. The van der Waals surface area contributed by atoms with Crippen molar-refractivity contribution in [2.75, 3.05) is 6.54 Å². The molecule has 0 bridgehead atoms. The topological polar surface area (TPSA) is 49.3 Å². The molecule has 0 aromatic heterocycles. The van der Waals surface area contributed by atoms with E-state index in [0.29, 0.717) is 6.54 Å². The highest BCUT2D eigenvalue weighted by Gasteiger charge is 2.16. The molecule has 0 unspecified atom stereocenters. The van der Waals surface area contributed by atoms with E-state index in [9.17, 15) is 4.79 Å². The van der Waals surface area contributed by atoms with E-state index in [0.717, 1.165) is 5.92 Å². The van der Waals surface area contributed by atoms with E-state index in [2.05, 4.69) is 11.4 Å². The SMILES string of the molecule is O=C(O)NCC=CC1CC1. The Labute approximate surface area is 59.7 Å². The van der Waals surface area contributed by atoms with Crippen LogP contribution in [0.1, 0.15) is 12.8 Å². The first-order valence-electron chi connectivity index (χ1n) is 3.42. The van der Waals surface area contributed by atoms with E-state index < -0.39 is 6.09 Å². The van der Waals surface area contributed by atoms with E-state index in [1.165, 1.54) is 12.8 Å². The molecule has 0 spiro atoms. The molecule has 1 aliphatic rings. The van der Waals surface area contributed by atoms with Gasteiger partial charge in [0.05, 0.1) is 0 Å². The normalized spacial score (nSPS) is 17.6. The predicted molar refractivity (Wildman–Crippen MR) is 37.9 cm³/mol. The Morgan fingerprint density at radius 2 is 2.40 bits per heavy atom. The summed E-state index contributed by atoms with van der Waals surface area (Å²) < 4.78 is 0. The number of carbonyl (C=O) groups is 1. The first-order chi connectivity index (χ1) is 4.79. The molecule has 1 saturated carbocycles. The van der Waals surface area contributed by atoms with E-state index in [4.69, 9.17) is 5.11 Å². The molecule has 0 aromatic rings. The second-order valence-electron chi connectivity index (χ2n) is 2.45. The third-order valence-corrected chi connectivity index (χ3v) is 1.40. The molecule has 0 aromatic carbocycles. The number of hydrogen-bond donors (Lipinski definition) is 2. The Morgan fingerprint density at radius 3 is 2.90 bits per heavy atom. The minimum Gasteiger partial charge on any atom is -0.465 e. The molecule has 0 atom stereocenters. The first-order valence-corrected chi connectivity index (χ1v) is 3.42. The van der Waals surface area contributed by atoms with Crippen molar-refractivity contribution in [2.24, 2.45) is 5.92 Å². The van der Waals surface area contributed by atoms with Crippen molar-refractivity contribution < 1.29 is 9.90 Å². The second-order valence-corrected chi connectivity index (χ2v) is 2.45. The van der Waals surface area contributed by atoms with Crippen molar-refractivity contribution in [2.45, 2.75) is 12.8 Å². The summed E-state index contributed by atoms with van der Waals surface area (Å²) in [5.74, 6) is 0.732. The van der Waals surface area contributed by atoms with Gasteiger partial charge in [-0.15, -0.1) is 0 Å². The smallest absolute Gasteiger partial charge is 0.404 e. The van der Waals surface area contributed by atoms with Gasteiger partial charge in [0.15, 0.2) is 0 Å². The van der Waals surface area contributed by atoms with Crippen LogP contribution in [0.4, 0.5) is 4.79 Å². The highest BCUT2D eigenvalue weighted by atomic mass is 16.4. The number of amides is 1. The first kappa shape index (κ1) is 7.12. The lowest BCUT2D eigenvalue weighted by molar-refractivity contribution is 0.195. The Kier molecular flexibility index (Phi) is 2.31. The van der Waals surface area contributed by atoms with Gasteiger partial charge >= 0.3 is 6.09 Å². The van der Waals surface area contributed by atoms with Crippen LogP contribution < -0.4 is 5.32 Å². The quantitative estimate of drug-likeness (QED) is 0.580. The van der Waals surface area contributed by atoms with Crippen molar-refractivity contribution in [3.63, 3.8) is 0 Å². The van der Waals surface area contributed by atoms with Crippen LogP contribution in [0.25, 0.3) is 0 Å². The number of hydrogen-bond acceptors (Lipinski definition) is 1. The molecular weight excluding hydrogens is 130 g/mol. The monoisotopic (exact) mass is 141 g/mol. The van der Waals surface area contributed by atoms with E-state index in [-0.39, 0.29) is 0 Å². The van der Waals surface area contributed by atoms with Gasteiger partial charge in [0.1, 0.15) is 0 Å². The van der Waals surface area contributed by atoms with E-state index in [1.54, 1.807) is 0 Å². The summed E-state index contributed by atoms with van der Waals surface area (Å²) in [4.78, 5) is 9.91. The molecular formula is C7H11NO2. The van der Waals surface area contributed by atoms with Crippen LogP contribution in [0.2, 0.25) is 0 Å². The summed E-state index contributed by atoms with van der Waals surface area (Å²) in [6.07, 6.45) is 5.51. The molecule has 3 heteroatoms. The Balaban J connectivity index is 1.98. The number of allylic oxidation sites excluding steroid dienone is 1. The molecule has 10 heavy (non-hydrogen) atoms. The van der Waals surface area contributed by atoms with Gasteiger partial charge < -0.3 is 10.4 Å². The lowest BCUT2D eigenvalue weighted by Gasteiger charge is -1.91. The van der Waals surface area contributed by atoms with E-state index >= 15 is 0 Å². The number of rotatable bonds is 3.